The number of ether oxygens (including phenoxy) is 2. The number of esters is 1. The zero-order valence-corrected chi connectivity index (χ0v) is 18.4. The van der Waals surface area contributed by atoms with E-state index in [1.54, 1.807) is 49.6 Å². The first kappa shape index (κ1) is 21.4. The number of allylic oxidation sites excluding steroid dienone is 1. The number of hydrogen-bond acceptors (Lipinski definition) is 6. The van der Waals surface area contributed by atoms with Gasteiger partial charge in [-0.15, -0.1) is 0 Å². The molecule has 32 heavy (non-hydrogen) atoms. The maximum Gasteiger partial charge on any atom is 0.348 e. The molecule has 0 saturated carbocycles. The topological polar surface area (TPSA) is 93.1 Å². The second kappa shape index (κ2) is 8.72. The van der Waals surface area contributed by atoms with Crippen molar-refractivity contribution in [3.63, 3.8) is 0 Å². The van der Waals surface area contributed by atoms with E-state index in [2.05, 4.69) is 15.9 Å². The second-order valence-corrected chi connectivity index (χ2v) is 7.82. The SMILES string of the molecule is COc1ccc(C2=C(C(=O)c3ccc(O)cc3)C(=O)O/C2=C\c2ccc(O)c(Br)c2)cc1. The van der Waals surface area contributed by atoms with Crippen molar-refractivity contribution in [3.05, 3.63) is 99.2 Å². The fourth-order valence-corrected chi connectivity index (χ4v) is 3.70. The summed E-state index contributed by atoms with van der Waals surface area (Å²) in [6, 6.07) is 17.4. The summed E-state index contributed by atoms with van der Waals surface area (Å²) in [5.74, 6) is -0.365. The Labute approximate surface area is 192 Å². The molecule has 0 fully saturated rings. The van der Waals surface area contributed by atoms with E-state index in [9.17, 15) is 19.8 Å². The van der Waals surface area contributed by atoms with Gasteiger partial charge in [0.25, 0.3) is 0 Å². The summed E-state index contributed by atoms with van der Waals surface area (Å²) in [4.78, 5) is 26.1. The quantitative estimate of drug-likeness (QED) is 0.292. The number of Topliss-reactive ketones (excluding diaryl/α,β-unsaturated/α-hetero) is 1. The van der Waals surface area contributed by atoms with Crippen LogP contribution in [0.5, 0.6) is 17.2 Å². The first-order valence-corrected chi connectivity index (χ1v) is 10.3. The third-order valence-corrected chi connectivity index (χ3v) is 5.54. The minimum atomic E-state index is -0.766. The van der Waals surface area contributed by atoms with E-state index in [4.69, 9.17) is 9.47 Å². The molecule has 0 saturated heterocycles. The largest absolute Gasteiger partial charge is 0.508 e. The van der Waals surface area contributed by atoms with Gasteiger partial charge in [0.05, 0.1) is 11.6 Å². The van der Waals surface area contributed by atoms with E-state index in [0.29, 0.717) is 26.9 Å². The molecule has 0 unspecified atom stereocenters. The maximum absolute atomic E-state index is 13.2. The van der Waals surface area contributed by atoms with Crippen LogP contribution in [0.1, 0.15) is 21.5 Å². The van der Waals surface area contributed by atoms with Crippen LogP contribution in [0.15, 0.2) is 82.5 Å². The molecule has 1 aliphatic heterocycles. The fourth-order valence-electron chi connectivity index (χ4n) is 3.30. The second-order valence-electron chi connectivity index (χ2n) is 6.96. The molecule has 0 radical (unpaired) electrons. The van der Waals surface area contributed by atoms with Crippen LogP contribution in [0, 0.1) is 0 Å². The Morgan fingerprint density at radius 3 is 2.31 bits per heavy atom. The van der Waals surface area contributed by atoms with E-state index >= 15 is 0 Å². The molecule has 0 atom stereocenters. The summed E-state index contributed by atoms with van der Waals surface area (Å²) in [6.07, 6.45) is 1.62. The molecule has 3 aromatic rings. The summed E-state index contributed by atoms with van der Waals surface area (Å²) in [7, 11) is 1.55. The lowest BCUT2D eigenvalue weighted by molar-refractivity contribution is -0.132. The van der Waals surface area contributed by atoms with E-state index in [1.807, 2.05) is 0 Å². The molecule has 0 aromatic heterocycles. The number of carbonyl (C=O) groups is 2. The lowest BCUT2D eigenvalue weighted by Gasteiger charge is -2.08. The Morgan fingerprint density at radius 2 is 1.69 bits per heavy atom. The fraction of sp³-hybridized carbons (Fsp3) is 0.0400. The highest BCUT2D eigenvalue weighted by Gasteiger charge is 2.36. The van der Waals surface area contributed by atoms with Gasteiger partial charge in [-0.3, -0.25) is 4.79 Å². The van der Waals surface area contributed by atoms with Crippen molar-refractivity contribution in [2.24, 2.45) is 0 Å². The third-order valence-electron chi connectivity index (χ3n) is 4.91. The van der Waals surface area contributed by atoms with Crippen LogP contribution in [-0.2, 0) is 9.53 Å². The minimum Gasteiger partial charge on any atom is -0.508 e. The van der Waals surface area contributed by atoms with Gasteiger partial charge < -0.3 is 19.7 Å². The molecule has 0 spiro atoms. The number of phenolic OH excluding ortho intramolecular Hbond substituents is 2. The van der Waals surface area contributed by atoms with Gasteiger partial charge in [0.1, 0.15) is 28.6 Å². The average molecular weight is 493 g/mol. The highest BCUT2D eigenvalue weighted by Crippen LogP contribution is 2.38. The number of hydrogen-bond donors (Lipinski definition) is 2. The van der Waals surface area contributed by atoms with Crippen molar-refractivity contribution in [3.8, 4) is 17.2 Å². The van der Waals surface area contributed by atoms with Crippen LogP contribution in [0.4, 0.5) is 0 Å². The summed E-state index contributed by atoms with van der Waals surface area (Å²) < 4.78 is 11.2. The van der Waals surface area contributed by atoms with Gasteiger partial charge >= 0.3 is 5.97 Å². The molecular weight excluding hydrogens is 476 g/mol. The number of rotatable bonds is 5. The predicted octanol–water partition coefficient (Wildman–Crippen LogP) is 5.10. The lowest BCUT2D eigenvalue weighted by atomic mass is 9.93. The Hall–Kier alpha value is -3.84. The zero-order chi connectivity index (χ0) is 22.8. The Kier molecular flexibility index (Phi) is 5.83. The third kappa shape index (κ3) is 4.15. The van der Waals surface area contributed by atoms with Crippen LogP contribution in [0.2, 0.25) is 0 Å². The molecule has 7 heteroatoms. The molecule has 0 bridgehead atoms. The summed E-state index contributed by atoms with van der Waals surface area (Å²) in [6.45, 7) is 0. The average Bonchev–Trinajstić information content (AvgIpc) is 3.11. The molecular formula is C25H17BrO6. The number of cyclic esters (lactones) is 1. The number of carbonyl (C=O) groups excluding carboxylic acids is 2. The molecule has 3 aromatic carbocycles. The number of halogens is 1. The Balaban J connectivity index is 1.88. The standard InChI is InChI=1S/C25H17BrO6/c1-31-18-9-5-15(6-10-18)22-21(13-14-2-11-20(28)19(26)12-14)32-25(30)23(22)24(29)16-3-7-17(27)8-4-16/h2-13,27-28H,1H3/b21-13-. The molecule has 4 rings (SSSR count). The summed E-state index contributed by atoms with van der Waals surface area (Å²) in [5, 5.41) is 19.3. The van der Waals surface area contributed by atoms with Crippen LogP contribution in [-0.4, -0.2) is 29.1 Å². The smallest absolute Gasteiger partial charge is 0.348 e. The van der Waals surface area contributed by atoms with Crippen LogP contribution >= 0.6 is 15.9 Å². The normalized spacial score (nSPS) is 14.6. The van der Waals surface area contributed by atoms with Crippen molar-refractivity contribution in [1.82, 2.24) is 0 Å². The van der Waals surface area contributed by atoms with E-state index in [1.165, 1.54) is 30.3 Å². The number of phenols is 2. The van der Waals surface area contributed by atoms with Gasteiger partial charge in [-0.2, -0.15) is 0 Å². The molecule has 160 valence electrons. The molecule has 6 nitrogen and oxygen atoms in total. The summed E-state index contributed by atoms with van der Waals surface area (Å²) >= 11 is 3.27. The number of benzene rings is 3. The van der Waals surface area contributed by atoms with Crippen LogP contribution in [0.25, 0.3) is 11.6 Å². The van der Waals surface area contributed by atoms with Crippen molar-refractivity contribution >= 4 is 39.3 Å². The van der Waals surface area contributed by atoms with Crippen LogP contribution < -0.4 is 4.74 Å². The number of ketones is 1. The van der Waals surface area contributed by atoms with Crippen molar-refractivity contribution in [2.45, 2.75) is 0 Å². The van der Waals surface area contributed by atoms with Gasteiger partial charge in [0.2, 0.25) is 5.78 Å². The first-order chi connectivity index (χ1) is 15.4. The van der Waals surface area contributed by atoms with E-state index < -0.39 is 11.8 Å². The Morgan fingerprint density at radius 1 is 1.00 bits per heavy atom. The highest BCUT2D eigenvalue weighted by atomic mass is 79.9. The zero-order valence-electron chi connectivity index (χ0n) is 16.8. The van der Waals surface area contributed by atoms with Crippen LogP contribution in [0.3, 0.4) is 0 Å². The summed E-state index contributed by atoms with van der Waals surface area (Å²) in [5.41, 5.74) is 1.74. The van der Waals surface area contributed by atoms with Gasteiger partial charge in [0, 0.05) is 11.1 Å². The molecule has 1 heterocycles. The number of aromatic hydroxyl groups is 2. The first-order valence-electron chi connectivity index (χ1n) is 9.52. The van der Waals surface area contributed by atoms with Gasteiger partial charge in [0.15, 0.2) is 0 Å². The lowest BCUT2D eigenvalue weighted by Crippen LogP contribution is -2.11. The number of methoxy groups -OCH3 is 1. The van der Waals surface area contributed by atoms with Gasteiger partial charge in [-0.05, 0) is 81.7 Å². The predicted molar refractivity (Wildman–Crippen MR) is 122 cm³/mol. The van der Waals surface area contributed by atoms with Crippen molar-refractivity contribution in [1.29, 1.82) is 0 Å². The molecule has 0 aliphatic carbocycles. The van der Waals surface area contributed by atoms with Crippen molar-refractivity contribution in [2.75, 3.05) is 7.11 Å². The molecule has 2 N–H and O–H groups in total. The maximum atomic E-state index is 13.2. The van der Waals surface area contributed by atoms with E-state index in [-0.39, 0.29) is 28.4 Å². The van der Waals surface area contributed by atoms with Gasteiger partial charge in [-0.25, -0.2) is 4.79 Å². The minimum absolute atomic E-state index is 0.0124. The van der Waals surface area contributed by atoms with E-state index in [0.717, 1.165) is 0 Å². The van der Waals surface area contributed by atoms with Crippen molar-refractivity contribution < 1.29 is 29.3 Å². The molecule has 0 amide bonds. The monoisotopic (exact) mass is 492 g/mol. The highest BCUT2D eigenvalue weighted by molar-refractivity contribution is 9.10. The molecule has 1 aliphatic rings. The van der Waals surface area contributed by atoms with Gasteiger partial charge in [-0.1, -0.05) is 18.2 Å². The Bertz CT molecular complexity index is 1270.